The van der Waals surface area contributed by atoms with Crippen LogP contribution in [0, 0.1) is 6.92 Å². The summed E-state index contributed by atoms with van der Waals surface area (Å²) < 4.78 is 2.04. The zero-order valence-electron chi connectivity index (χ0n) is 13.2. The van der Waals surface area contributed by atoms with E-state index in [-0.39, 0.29) is 5.91 Å². The molecule has 4 nitrogen and oxygen atoms in total. The van der Waals surface area contributed by atoms with Crippen LogP contribution in [0.1, 0.15) is 15.4 Å². The van der Waals surface area contributed by atoms with E-state index in [0.29, 0.717) is 4.88 Å². The number of nitrogens with one attached hydrogen (secondary N) is 1. The van der Waals surface area contributed by atoms with Gasteiger partial charge in [0.2, 0.25) is 0 Å². The van der Waals surface area contributed by atoms with Gasteiger partial charge in [-0.1, -0.05) is 12.1 Å². The van der Waals surface area contributed by atoms with Gasteiger partial charge < -0.3 is 9.88 Å². The van der Waals surface area contributed by atoms with E-state index in [1.54, 1.807) is 11.3 Å². The van der Waals surface area contributed by atoms with E-state index in [9.17, 15) is 4.79 Å². The predicted octanol–water partition coefficient (Wildman–Crippen LogP) is 4.92. The number of hydrogen-bond donors (Lipinski definition) is 1. The number of amides is 1. The summed E-state index contributed by atoms with van der Waals surface area (Å²) >= 11 is 3.07. The van der Waals surface area contributed by atoms with E-state index >= 15 is 0 Å². The molecule has 0 atom stereocenters. The summed E-state index contributed by atoms with van der Waals surface area (Å²) in [4.78, 5) is 19.0. The van der Waals surface area contributed by atoms with Gasteiger partial charge in [0.05, 0.1) is 16.3 Å². The van der Waals surface area contributed by atoms with Gasteiger partial charge in [0.15, 0.2) is 0 Å². The summed E-state index contributed by atoms with van der Waals surface area (Å²) in [7, 11) is 1.99. The van der Waals surface area contributed by atoms with E-state index in [1.807, 2.05) is 66.5 Å². The van der Waals surface area contributed by atoms with Crippen LogP contribution in [-0.4, -0.2) is 15.5 Å². The molecule has 4 rings (SSSR count). The summed E-state index contributed by atoms with van der Waals surface area (Å²) in [6, 6.07) is 12.0. The molecule has 0 bridgehead atoms. The number of thiophene rings is 1. The average Bonchev–Trinajstić information content (AvgIpc) is 3.28. The van der Waals surface area contributed by atoms with Gasteiger partial charge >= 0.3 is 0 Å². The first-order chi connectivity index (χ1) is 11.6. The molecular weight excluding hydrogens is 338 g/mol. The smallest absolute Gasteiger partial charge is 0.267 e. The van der Waals surface area contributed by atoms with Crippen molar-refractivity contribution in [2.24, 2.45) is 7.05 Å². The molecule has 0 aliphatic carbocycles. The van der Waals surface area contributed by atoms with E-state index in [2.05, 4.69) is 10.3 Å². The Labute approximate surface area is 147 Å². The standard InChI is InChI=1S/C18H15N3OS2/c1-11-16(24-18(19-11)15-7-4-10-23-15)17(22)20-13-5-3-6-14-12(13)8-9-21(14)2/h3-10H,1-2H3,(H,20,22). The Morgan fingerprint density at radius 2 is 2.08 bits per heavy atom. The van der Waals surface area contributed by atoms with Crippen molar-refractivity contribution in [2.75, 3.05) is 5.32 Å². The molecular formula is C18H15N3OS2. The molecule has 3 aromatic heterocycles. The van der Waals surface area contributed by atoms with E-state index in [0.717, 1.165) is 32.2 Å². The van der Waals surface area contributed by atoms with Crippen LogP contribution in [0.25, 0.3) is 20.8 Å². The minimum atomic E-state index is -0.107. The molecule has 120 valence electrons. The molecule has 0 saturated heterocycles. The topological polar surface area (TPSA) is 46.9 Å². The third-order valence-electron chi connectivity index (χ3n) is 3.91. The highest BCUT2D eigenvalue weighted by molar-refractivity contribution is 7.22. The predicted molar refractivity (Wildman–Crippen MR) is 101 cm³/mol. The second kappa shape index (κ2) is 5.89. The van der Waals surface area contributed by atoms with Crippen LogP contribution in [0.3, 0.4) is 0 Å². The summed E-state index contributed by atoms with van der Waals surface area (Å²) in [6.45, 7) is 1.88. The number of carbonyl (C=O) groups excluding carboxylic acids is 1. The Hall–Kier alpha value is -2.44. The molecule has 0 aliphatic rings. The Morgan fingerprint density at radius 3 is 2.88 bits per heavy atom. The van der Waals surface area contributed by atoms with Gasteiger partial charge in [0, 0.05) is 24.1 Å². The Bertz CT molecular complexity index is 1030. The van der Waals surface area contributed by atoms with Crippen molar-refractivity contribution in [2.45, 2.75) is 6.92 Å². The highest BCUT2D eigenvalue weighted by Crippen LogP contribution is 2.32. The van der Waals surface area contributed by atoms with Gasteiger partial charge in [-0.05, 0) is 36.6 Å². The van der Waals surface area contributed by atoms with E-state index in [1.165, 1.54) is 11.3 Å². The number of aromatic nitrogens is 2. The molecule has 1 amide bonds. The number of benzene rings is 1. The molecule has 1 N–H and O–H groups in total. The van der Waals surface area contributed by atoms with Crippen molar-refractivity contribution in [3.8, 4) is 9.88 Å². The van der Waals surface area contributed by atoms with Gasteiger partial charge in [-0.15, -0.1) is 22.7 Å². The third kappa shape index (κ3) is 2.53. The molecule has 24 heavy (non-hydrogen) atoms. The Balaban J connectivity index is 1.67. The van der Waals surface area contributed by atoms with Crippen LogP contribution in [0.2, 0.25) is 0 Å². The average molecular weight is 353 g/mol. The number of rotatable bonds is 3. The lowest BCUT2D eigenvalue weighted by Crippen LogP contribution is -2.11. The number of thiazole rings is 1. The van der Waals surface area contributed by atoms with E-state index in [4.69, 9.17) is 0 Å². The fourth-order valence-corrected chi connectivity index (χ4v) is 4.46. The first-order valence-electron chi connectivity index (χ1n) is 7.50. The van der Waals surface area contributed by atoms with Crippen LogP contribution in [-0.2, 0) is 7.05 Å². The number of carbonyl (C=O) groups is 1. The minimum Gasteiger partial charge on any atom is -0.350 e. The number of anilines is 1. The summed E-state index contributed by atoms with van der Waals surface area (Å²) in [6.07, 6.45) is 1.99. The van der Waals surface area contributed by atoms with Crippen LogP contribution in [0.15, 0.2) is 48.0 Å². The summed E-state index contributed by atoms with van der Waals surface area (Å²) in [5, 5.41) is 6.98. The quantitative estimate of drug-likeness (QED) is 0.568. The molecule has 0 saturated carbocycles. The zero-order chi connectivity index (χ0) is 16.7. The van der Waals surface area contributed by atoms with Crippen molar-refractivity contribution < 1.29 is 4.79 Å². The summed E-state index contributed by atoms with van der Waals surface area (Å²) in [5.74, 6) is -0.107. The van der Waals surface area contributed by atoms with Crippen molar-refractivity contribution in [1.29, 1.82) is 0 Å². The molecule has 0 fully saturated rings. The molecule has 0 unspecified atom stereocenters. The largest absolute Gasteiger partial charge is 0.350 e. The van der Waals surface area contributed by atoms with Crippen LogP contribution in [0.5, 0.6) is 0 Å². The maximum Gasteiger partial charge on any atom is 0.267 e. The minimum absolute atomic E-state index is 0.107. The van der Waals surface area contributed by atoms with Crippen molar-refractivity contribution >= 4 is 45.2 Å². The van der Waals surface area contributed by atoms with Crippen LogP contribution < -0.4 is 5.32 Å². The van der Waals surface area contributed by atoms with E-state index < -0.39 is 0 Å². The van der Waals surface area contributed by atoms with Crippen molar-refractivity contribution in [3.05, 3.63) is 58.5 Å². The SMILES string of the molecule is Cc1nc(-c2cccs2)sc1C(=O)Nc1cccc2c1ccn2C. The first kappa shape index (κ1) is 15.1. The number of hydrogen-bond acceptors (Lipinski definition) is 4. The maximum atomic E-state index is 12.7. The lowest BCUT2D eigenvalue weighted by molar-refractivity contribution is 0.103. The van der Waals surface area contributed by atoms with Crippen LogP contribution >= 0.6 is 22.7 Å². The molecule has 0 aliphatic heterocycles. The molecule has 3 heterocycles. The second-order valence-electron chi connectivity index (χ2n) is 5.53. The molecule has 0 radical (unpaired) electrons. The zero-order valence-corrected chi connectivity index (χ0v) is 14.9. The first-order valence-corrected chi connectivity index (χ1v) is 9.20. The van der Waals surface area contributed by atoms with Gasteiger partial charge in [-0.25, -0.2) is 4.98 Å². The van der Waals surface area contributed by atoms with Crippen molar-refractivity contribution in [1.82, 2.24) is 9.55 Å². The van der Waals surface area contributed by atoms with Gasteiger partial charge in [-0.2, -0.15) is 0 Å². The molecule has 1 aromatic carbocycles. The normalized spacial score (nSPS) is 11.1. The van der Waals surface area contributed by atoms with Gasteiger partial charge in [0.25, 0.3) is 5.91 Å². The molecule has 4 aromatic rings. The Morgan fingerprint density at radius 1 is 1.21 bits per heavy atom. The number of fused-ring (bicyclic) bond motifs is 1. The molecule has 6 heteroatoms. The van der Waals surface area contributed by atoms with Gasteiger partial charge in [0.1, 0.15) is 9.88 Å². The molecule has 0 spiro atoms. The second-order valence-corrected chi connectivity index (χ2v) is 7.48. The highest BCUT2D eigenvalue weighted by Gasteiger charge is 2.17. The lowest BCUT2D eigenvalue weighted by Gasteiger charge is -2.06. The number of aryl methyl sites for hydroxylation is 2. The monoisotopic (exact) mass is 353 g/mol. The van der Waals surface area contributed by atoms with Crippen molar-refractivity contribution in [3.63, 3.8) is 0 Å². The highest BCUT2D eigenvalue weighted by atomic mass is 32.1. The fourth-order valence-electron chi connectivity index (χ4n) is 2.70. The third-order valence-corrected chi connectivity index (χ3v) is 6.11. The Kier molecular flexibility index (Phi) is 3.70. The van der Waals surface area contributed by atoms with Crippen LogP contribution in [0.4, 0.5) is 5.69 Å². The maximum absolute atomic E-state index is 12.7. The fraction of sp³-hybridized carbons (Fsp3) is 0.111. The summed E-state index contributed by atoms with van der Waals surface area (Å²) in [5.41, 5.74) is 2.68. The van der Waals surface area contributed by atoms with Gasteiger partial charge in [-0.3, -0.25) is 4.79 Å². The lowest BCUT2D eigenvalue weighted by atomic mass is 10.2. The number of nitrogens with zero attached hydrogens (tertiary/aromatic N) is 2.